The number of carbonyl (C=O) groups is 1. The molecular weight excluding hydrogens is 303 g/mol. The lowest BCUT2D eigenvalue weighted by atomic mass is 10.2. The normalized spacial score (nSPS) is 10.1. The van der Waals surface area contributed by atoms with Gasteiger partial charge in [0.2, 0.25) is 0 Å². The molecule has 0 aliphatic heterocycles. The third-order valence-electron chi connectivity index (χ3n) is 2.19. The molecule has 1 amide bonds. The van der Waals surface area contributed by atoms with Gasteiger partial charge < -0.3 is 10.4 Å². The molecule has 2 aromatic rings. The number of hydrogen-bond acceptors (Lipinski definition) is 3. The van der Waals surface area contributed by atoms with Crippen molar-refractivity contribution in [2.75, 3.05) is 5.32 Å². The van der Waals surface area contributed by atoms with Gasteiger partial charge in [-0.2, -0.15) is 0 Å². The van der Waals surface area contributed by atoms with Gasteiger partial charge in [0, 0.05) is 23.5 Å². The van der Waals surface area contributed by atoms with E-state index in [4.69, 9.17) is 5.11 Å². The minimum absolute atomic E-state index is 0.267. The highest BCUT2D eigenvalue weighted by atomic mass is 79.9. The fraction of sp³-hybridized carbons (Fsp3) is 0. The summed E-state index contributed by atoms with van der Waals surface area (Å²) in [6, 6.07) is 6.71. The summed E-state index contributed by atoms with van der Waals surface area (Å²) in [5.41, 5.74) is 0.661. The van der Waals surface area contributed by atoms with Crippen LogP contribution in [-0.2, 0) is 0 Å². The lowest BCUT2D eigenvalue weighted by Crippen LogP contribution is -2.12. The number of rotatable bonds is 2. The minimum atomic E-state index is -0.788. The lowest BCUT2D eigenvalue weighted by molar-refractivity contribution is 0.102. The molecule has 2 N–H and O–H groups in total. The van der Waals surface area contributed by atoms with Crippen LogP contribution in [0.4, 0.5) is 10.1 Å². The number of carbonyl (C=O) groups excluding carboxylic acids is 1. The number of benzene rings is 1. The van der Waals surface area contributed by atoms with Crippen molar-refractivity contribution in [1.82, 2.24) is 4.98 Å². The number of halogens is 2. The van der Waals surface area contributed by atoms with Crippen LogP contribution < -0.4 is 5.32 Å². The lowest BCUT2D eigenvalue weighted by Gasteiger charge is -2.06. The van der Waals surface area contributed by atoms with Crippen molar-refractivity contribution < 1.29 is 14.3 Å². The molecule has 2 rings (SSSR count). The summed E-state index contributed by atoms with van der Waals surface area (Å²) in [4.78, 5) is 15.7. The van der Waals surface area contributed by atoms with Crippen LogP contribution in [0.25, 0.3) is 0 Å². The number of phenolic OH excluding ortho intramolecular Hbond substituents is 1. The van der Waals surface area contributed by atoms with Gasteiger partial charge >= 0.3 is 0 Å². The zero-order chi connectivity index (χ0) is 13.1. The fourth-order valence-electron chi connectivity index (χ4n) is 1.33. The standard InChI is InChI=1S/C12H8BrFN2O2/c13-11-5-7(3-4-15-11)12(18)16-8-1-2-10(17)9(14)6-8/h1-6,17H,(H,16,18). The summed E-state index contributed by atoms with van der Waals surface area (Å²) in [7, 11) is 0. The topological polar surface area (TPSA) is 62.2 Å². The maximum absolute atomic E-state index is 13.1. The fourth-order valence-corrected chi connectivity index (χ4v) is 1.70. The van der Waals surface area contributed by atoms with Crippen LogP contribution in [0.5, 0.6) is 5.75 Å². The van der Waals surface area contributed by atoms with E-state index < -0.39 is 11.6 Å². The van der Waals surface area contributed by atoms with Crippen LogP contribution in [-0.4, -0.2) is 16.0 Å². The Bertz CT molecular complexity index is 604. The van der Waals surface area contributed by atoms with E-state index in [2.05, 4.69) is 26.2 Å². The van der Waals surface area contributed by atoms with Crippen LogP contribution >= 0.6 is 15.9 Å². The van der Waals surface area contributed by atoms with E-state index >= 15 is 0 Å². The number of amides is 1. The smallest absolute Gasteiger partial charge is 0.255 e. The Labute approximate surface area is 111 Å². The summed E-state index contributed by atoms with van der Waals surface area (Å²) in [5.74, 6) is -1.63. The number of nitrogens with zero attached hydrogens (tertiary/aromatic N) is 1. The van der Waals surface area contributed by atoms with E-state index in [9.17, 15) is 9.18 Å². The predicted molar refractivity (Wildman–Crippen MR) is 68.0 cm³/mol. The molecule has 0 saturated carbocycles. The van der Waals surface area contributed by atoms with Gasteiger partial charge in [0.05, 0.1) is 0 Å². The summed E-state index contributed by atoms with van der Waals surface area (Å²) in [5, 5.41) is 11.5. The minimum Gasteiger partial charge on any atom is -0.505 e. The van der Waals surface area contributed by atoms with E-state index in [1.54, 1.807) is 6.07 Å². The average molecular weight is 311 g/mol. The monoisotopic (exact) mass is 310 g/mol. The van der Waals surface area contributed by atoms with Gasteiger partial charge in [-0.1, -0.05) is 0 Å². The highest BCUT2D eigenvalue weighted by Gasteiger charge is 2.08. The Morgan fingerprint density at radius 1 is 1.33 bits per heavy atom. The van der Waals surface area contributed by atoms with Gasteiger partial charge in [-0.25, -0.2) is 9.37 Å². The van der Waals surface area contributed by atoms with Crippen LogP contribution in [0, 0.1) is 5.82 Å². The third-order valence-corrected chi connectivity index (χ3v) is 2.63. The van der Waals surface area contributed by atoms with E-state index in [0.717, 1.165) is 6.07 Å². The molecule has 0 fully saturated rings. The van der Waals surface area contributed by atoms with E-state index in [0.29, 0.717) is 10.2 Å². The van der Waals surface area contributed by atoms with Gasteiger partial charge in [0.25, 0.3) is 5.91 Å². The van der Waals surface area contributed by atoms with Crippen LogP contribution in [0.1, 0.15) is 10.4 Å². The summed E-state index contributed by atoms with van der Waals surface area (Å²) >= 11 is 3.15. The maximum atomic E-state index is 13.1. The van der Waals surface area contributed by atoms with Crippen LogP contribution in [0.15, 0.2) is 41.1 Å². The molecule has 1 heterocycles. The van der Waals surface area contributed by atoms with Crippen molar-refractivity contribution in [1.29, 1.82) is 0 Å². The van der Waals surface area contributed by atoms with Gasteiger partial charge in [0.15, 0.2) is 11.6 Å². The number of phenols is 1. The number of anilines is 1. The molecule has 1 aromatic heterocycles. The van der Waals surface area contributed by atoms with Crippen LogP contribution in [0.2, 0.25) is 0 Å². The molecule has 0 spiro atoms. The molecular formula is C12H8BrFN2O2. The molecule has 4 nitrogen and oxygen atoms in total. The van der Waals surface area contributed by atoms with Gasteiger partial charge in [-0.05, 0) is 40.2 Å². The van der Waals surface area contributed by atoms with Gasteiger partial charge in [0.1, 0.15) is 4.60 Å². The van der Waals surface area contributed by atoms with Crippen molar-refractivity contribution in [3.8, 4) is 5.75 Å². The maximum Gasteiger partial charge on any atom is 0.255 e. The van der Waals surface area contributed by atoms with Crippen LogP contribution in [0.3, 0.4) is 0 Å². The summed E-state index contributed by atoms with van der Waals surface area (Å²) in [6.45, 7) is 0. The molecule has 6 heteroatoms. The highest BCUT2D eigenvalue weighted by molar-refractivity contribution is 9.10. The molecule has 92 valence electrons. The molecule has 0 radical (unpaired) electrons. The second-order valence-corrected chi connectivity index (χ2v) is 4.30. The van der Waals surface area contributed by atoms with E-state index in [-0.39, 0.29) is 11.6 Å². The zero-order valence-corrected chi connectivity index (χ0v) is 10.6. The molecule has 0 aliphatic carbocycles. The Balaban J connectivity index is 2.18. The molecule has 1 aromatic carbocycles. The number of aromatic hydroxyl groups is 1. The second-order valence-electron chi connectivity index (χ2n) is 3.49. The molecule has 0 saturated heterocycles. The average Bonchev–Trinajstić information content (AvgIpc) is 2.34. The van der Waals surface area contributed by atoms with Crippen molar-refractivity contribution in [3.63, 3.8) is 0 Å². The number of pyridine rings is 1. The molecule has 0 aliphatic rings. The SMILES string of the molecule is O=C(Nc1ccc(O)c(F)c1)c1ccnc(Br)c1. The number of aromatic nitrogens is 1. The van der Waals surface area contributed by atoms with Crippen molar-refractivity contribution in [2.24, 2.45) is 0 Å². The first-order chi connectivity index (χ1) is 8.56. The Hall–Kier alpha value is -1.95. The first-order valence-electron chi connectivity index (χ1n) is 4.97. The van der Waals surface area contributed by atoms with Gasteiger partial charge in [-0.15, -0.1) is 0 Å². The Morgan fingerprint density at radius 2 is 2.11 bits per heavy atom. The second kappa shape index (κ2) is 5.14. The Morgan fingerprint density at radius 3 is 2.78 bits per heavy atom. The van der Waals surface area contributed by atoms with Gasteiger partial charge in [-0.3, -0.25) is 4.79 Å². The molecule has 18 heavy (non-hydrogen) atoms. The van der Waals surface area contributed by atoms with Crippen molar-refractivity contribution >= 4 is 27.5 Å². The summed E-state index contributed by atoms with van der Waals surface area (Å²) in [6.07, 6.45) is 1.48. The third kappa shape index (κ3) is 2.84. The summed E-state index contributed by atoms with van der Waals surface area (Å²) < 4.78 is 13.6. The highest BCUT2D eigenvalue weighted by Crippen LogP contribution is 2.20. The van der Waals surface area contributed by atoms with Crippen molar-refractivity contribution in [2.45, 2.75) is 0 Å². The van der Waals surface area contributed by atoms with Crippen molar-refractivity contribution in [3.05, 3.63) is 52.5 Å². The quantitative estimate of drug-likeness (QED) is 0.662. The number of hydrogen-bond donors (Lipinski definition) is 2. The van der Waals surface area contributed by atoms with E-state index in [1.807, 2.05) is 0 Å². The number of nitrogens with one attached hydrogen (secondary N) is 1. The Kier molecular flexibility index (Phi) is 3.57. The molecule has 0 atom stereocenters. The molecule has 0 unspecified atom stereocenters. The van der Waals surface area contributed by atoms with E-state index in [1.165, 1.54) is 24.4 Å². The first kappa shape index (κ1) is 12.5. The largest absolute Gasteiger partial charge is 0.505 e. The zero-order valence-electron chi connectivity index (χ0n) is 9.02. The first-order valence-corrected chi connectivity index (χ1v) is 5.77. The molecule has 0 bridgehead atoms. The predicted octanol–water partition coefficient (Wildman–Crippen LogP) is 2.94.